The zero-order valence-electron chi connectivity index (χ0n) is 16.7. The van der Waals surface area contributed by atoms with E-state index in [0.29, 0.717) is 11.7 Å². The number of nitriles is 1. The number of amides is 1. The van der Waals surface area contributed by atoms with Gasteiger partial charge < -0.3 is 9.47 Å². The van der Waals surface area contributed by atoms with Gasteiger partial charge in [0.25, 0.3) is 0 Å². The lowest BCUT2D eigenvalue weighted by atomic mass is 10.1. The third-order valence-electron chi connectivity index (χ3n) is 4.63. The zero-order chi connectivity index (χ0) is 20.8. The molecule has 0 aliphatic heterocycles. The Morgan fingerprint density at radius 1 is 1.17 bits per heavy atom. The lowest BCUT2D eigenvalue weighted by Crippen LogP contribution is -2.37. The van der Waals surface area contributed by atoms with Crippen molar-refractivity contribution < 1.29 is 4.79 Å². The van der Waals surface area contributed by atoms with Crippen LogP contribution in [-0.4, -0.2) is 32.5 Å². The minimum Gasteiger partial charge on any atom is -0.310 e. The summed E-state index contributed by atoms with van der Waals surface area (Å²) in [4.78, 5) is 14.8. The topological polar surface area (TPSA) is 74.8 Å². The first-order chi connectivity index (χ1) is 14.0. The molecule has 6 nitrogen and oxygen atoms in total. The van der Waals surface area contributed by atoms with Gasteiger partial charge in [-0.15, -0.1) is 10.2 Å². The number of benzene rings is 2. The van der Waals surface area contributed by atoms with Crippen LogP contribution in [0.3, 0.4) is 0 Å². The number of rotatable bonds is 7. The lowest BCUT2D eigenvalue weighted by Gasteiger charge is -2.24. The summed E-state index contributed by atoms with van der Waals surface area (Å²) in [6.45, 7) is 4.25. The van der Waals surface area contributed by atoms with Crippen LogP contribution in [0.25, 0.3) is 11.4 Å². The second kappa shape index (κ2) is 9.39. The summed E-state index contributed by atoms with van der Waals surface area (Å²) in [5.41, 5.74) is 2.93. The number of para-hydroxylation sites is 1. The standard InChI is InChI=1S/C22H23N5OS/c1-16-10-7-8-13-19(16)20-24-25-22(26(20)3)29-17(2)21(28)27(15-9-14-23)18-11-5-4-6-12-18/h4-8,10-13,17H,9,15H2,1-3H3. The molecule has 2 aromatic carbocycles. The van der Waals surface area contributed by atoms with Gasteiger partial charge in [-0.1, -0.05) is 54.2 Å². The number of thioether (sulfide) groups is 1. The lowest BCUT2D eigenvalue weighted by molar-refractivity contribution is -0.117. The Bertz CT molecular complexity index is 1030. The van der Waals surface area contributed by atoms with E-state index in [1.165, 1.54) is 11.8 Å². The van der Waals surface area contributed by atoms with E-state index in [4.69, 9.17) is 5.26 Å². The van der Waals surface area contributed by atoms with E-state index < -0.39 is 0 Å². The number of hydrogen-bond acceptors (Lipinski definition) is 5. The smallest absolute Gasteiger partial charge is 0.240 e. The molecule has 3 rings (SSSR count). The van der Waals surface area contributed by atoms with E-state index in [2.05, 4.69) is 16.3 Å². The van der Waals surface area contributed by atoms with E-state index in [1.54, 1.807) is 4.90 Å². The molecule has 29 heavy (non-hydrogen) atoms. The molecule has 1 atom stereocenters. The third-order valence-corrected chi connectivity index (χ3v) is 5.75. The van der Waals surface area contributed by atoms with Crippen molar-refractivity contribution in [3.8, 4) is 17.5 Å². The average Bonchev–Trinajstić information content (AvgIpc) is 3.09. The van der Waals surface area contributed by atoms with E-state index in [-0.39, 0.29) is 17.6 Å². The highest BCUT2D eigenvalue weighted by Crippen LogP contribution is 2.29. The molecule has 1 amide bonds. The first-order valence-electron chi connectivity index (χ1n) is 9.38. The molecule has 148 valence electrons. The molecular formula is C22H23N5OS. The van der Waals surface area contributed by atoms with Crippen LogP contribution in [0, 0.1) is 18.3 Å². The maximum absolute atomic E-state index is 13.1. The van der Waals surface area contributed by atoms with Crippen molar-refractivity contribution in [1.82, 2.24) is 14.8 Å². The van der Waals surface area contributed by atoms with E-state index >= 15 is 0 Å². The Kier molecular flexibility index (Phi) is 6.68. The number of aryl methyl sites for hydroxylation is 1. The van der Waals surface area contributed by atoms with E-state index in [1.807, 2.05) is 80.1 Å². The molecule has 3 aromatic rings. The van der Waals surface area contributed by atoms with Gasteiger partial charge >= 0.3 is 0 Å². The van der Waals surface area contributed by atoms with Gasteiger partial charge in [-0.2, -0.15) is 5.26 Å². The Morgan fingerprint density at radius 3 is 2.55 bits per heavy atom. The van der Waals surface area contributed by atoms with E-state index in [0.717, 1.165) is 22.6 Å². The molecule has 1 unspecified atom stereocenters. The molecule has 0 aliphatic carbocycles. The molecule has 7 heteroatoms. The number of anilines is 1. The predicted molar refractivity (Wildman–Crippen MR) is 116 cm³/mol. The molecule has 0 bridgehead atoms. The molecule has 0 radical (unpaired) electrons. The fraction of sp³-hybridized carbons (Fsp3) is 0.273. The summed E-state index contributed by atoms with van der Waals surface area (Å²) in [5.74, 6) is 0.714. The summed E-state index contributed by atoms with van der Waals surface area (Å²) in [7, 11) is 1.91. The van der Waals surface area contributed by atoms with Crippen molar-refractivity contribution in [3.63, 3.8) is 0 Å². The van der Waals surface area contributed by atoms with Gasteiger partial charge in [-0.05, 0) is 31.5 Å². The highest BCUT2D eigenvalue weighted by Gasteiger charge is 2.25. The van der Waals surface area contributed by atoms with Crippen molar-refractivity contribution >= 4 is 23.4 Å². The molecule has 1 aromatic heterocycles. The Morgan fingerprint density at radius 2 is 1.86 bits per heavy atom. The van der Waals surface area contributed by atoms with Crippen molar-refractivity contribution in [2.75, 3.05) is 11.4 Å². The fourth-order valence-corrected chi connectivity index (χ4v) is 3.92. The normalized spacial score (nSPS) is 11.7. The number of hydrogen-bond donors (Lipinski definition) is 0. The summed E-state index contributed by atoms with van der Waals surface area (Å²) < 4.78 is 1.92. The van der Waals surface area contributed by atoms with Crippen LogP contribution in [0.2, 0.25) is 0 Å². The van der Waals surface area contributed by atoms with E-state index in [9.17, 15) is 4.79 Å². The van der Waals surface area contributed by atoms with Crippen LogP contribution in [0.1, 0.15) is 18.9 Å². The third kappa shape index (κ3) is 4.66. The van der Waals surface area contributed by atoms with Gasteiger partial charge in [-0.3, -0.25) is 4.79 Å². The van der Waals surface area contributed by atoms with Crippen LogP contribution < -0.4 is 4.90 Å². The van der Waals surface area contributed by atoms with Crippen LogP contribution in [-0.2, 0) is 11.8 Å². The molecule has 0 saturated carbocycles. The van der Waals surface area contributed by atoms with Crippen molar-refractivity contribution in [2.24, 2.45) is 7.05 Å². The largest absolute Gasteiger partial charge is 0.310 e. The molecule has 0 fully saturated rings. The van der Waals surface area contributed by atoms with Crippen LogP contribution >= 0.6 is 11.8 Å². The fourth-order valence-electron chi connectivity index (χ4n) is 3.04. The van der Waals surface area contributed by atoms with Gasteiger partial charge in [-0.25, -0.2) is 0 Å². The molecular weight excluding hydrogens is 382 g/mol. The van der Waals surface area contributed by atoms with Gasteiger partial charge in [0.05, 0.1) is 17.7 Å². The second-order valence-electron chi connectivity index (χ2n) is 6.67. The minimum atomic E-state index is -0.374. The predicted octanol–water partition coefficient (Wildman–Crippen LogP) is 4.22. The van der Waals surface area contributed by atoms with Gasteiger partial charge in [0.2, 0.25) is 5.91 Å². The molecule has 0 spiro atoms. The second-order valence-corrected chi connectivity index (χ2v) is 7.98. The minimum absolute atomic E-state index is 0.0584. The van der Waals surface area contributed by atoms with Gasteiger partial charge in [0.1, 0.15) is 0 Å². The van der Waals surface area contributed by atoms with Gasteiger partial charge in [0, 0.05) is 24.8 Å². The highest BCUT2D eigenvalue weighted by molar-refractivity contribution is 8.00. The number of carbonyl (C=O) groups excluding carboxylic acids is 1. The average molecular weight is 406 g/mol. The molecule has 0 saturated heterocycles. The summed E-state index contributed by atoms with van der Waals surface area (Å²) in [6, 6.07) is 19.6. The summed E-state index contributed by atoms with van der Waals surface area (Å²) in [5, 5.41) is 17.9. The zero-order valence-corrected chi connectivity index (χ0v) is 17.6. The quantitative estimate of drug-likeness (QED) is 0.550. The van der Waals surface area contributed by atoms with Crippen LogP contribution in [0.4, 0.5) is 5.69 Å². The maximum Gasteiger partial charge on any atom is 0.240 e. The summed E-state index contributed by atoms with van der Waals surface area (Å²) in [6.07, 6.45) is 0.277. The molecule has 0 N–H and O–H groups in total. The van der Waals surface area contributed by atoms with Crippen molar-refractivity contribution in [1.29, 1.82) is 5.26 Å². The van der Waals surface area contributed by atoms with Gasteiger partial charge in [0.15, 0.2) is 11.0 Å². The Balaban J connectivity index is 1.80. The SMILES string of the molecule is Cc1ccccc1-c1nnc(SC(C)C(=O)N(CCC#N)c2ccccc2)n1C. The van der Waals surface area contributed by atoms with Crippen LogP contribution in [0.5, 0.6) is 0 Å². The number of aromatic nitrogens is 3. The maximum atomic E-state index is 13.1. The monoisotopic (exact) mass is 405 g/mol. The number of carbonyl (C=O) groups is 1. The number of nitrogens with zero attached hydrogens (tertiary/aromatic N) is 5. The van der Waals surface area contributed by atoms with Crippen molar-refractivity contribution in [2.45, 2.75) is 30.7 Å². The van der Waals surface area contributed by atoms with Crippen molar-refractivity contribution in [3.05, 3.63) is 60.2 Å². The molecule has 0 aliphatic rings. The Labute approximate surface area is 175 Å². The highest BCUT2D eigenvalue weighted by atomic mass is 32.2. The Hall–Kier alpha value is -3.11. The first kappa shape index (κ1) is 20.6. The first-order valence-corrected chi connectivity index (χ1v) is 10.3. The van der Waals surface area contributed by atoms with Crippen LogP contribution in [0.15, 0.2) is 59.8 Å². The molecule has 1 heterocycles. The summed E-state index contributed by atoms with van der Waals surface area (Å²) >= 11 is 1.37.